The molecule has 1 aliphatic rings. The van der Waals surface area contributed by atoms with Crippen LogP contribution in [0.2, 0.25) is 0 Å². The molecule has 0 aliphatic carbocycles. The zero-order chi connectivity index (χ0) is 11.3. The van der Waals surface area contributed by atoms with Gasteiger partial charge in [0.2, 0.25) is 0 Å². The van der Waals surface area contributed by atoms with Gasteiger partial charge in [0, 0.05) is 12.1 Å². The molecule has 1 fully saturated rings. The van der Waals surface area contributed by atoms with Gasteiger partial charge in [-0.1, -0.05) is 20.3 Å². The van der Waals surface area contributed by atoms with Crippen LogP contribution >= 0.6 is 0 Å². The van der Waals surface area contributed by atoms with Gasteiger partial charge in [-0.3, -0.25) is 4.90 Å². The Morgan fingerprint density at radius 1 is 1.33 bits per heavy atom. The van der Waals surface area contributed by atoms with Crippen LogP contribution in [0.15, 0.2) is 0 Å². The zero-order valence-electron chi connectivity index (χ0n) is 11.0. The smallest absolute Gasteiger partial charge is 0.0153 e. The maximum Gasteiger partial charge on any atom is 0.0153 e. The van der Waals surface area contributed by atoms with Crippen molar-refractivity contribution in [2.45, 2.75) is 52.5 Å². The highest BCUT2D eigenvalue weighted by Gasteiger charge is 2.32. The molecule has 1 N–H and O–H groups in total. The summed E-state index contributed by atoms with van der Waals surface area (Å²) in [5, 5.41) is 3.47. The van der Waals surface area contributed by atoms with E-state index in [0.717, 1.165) is 12.5 Å². The van der Waals surface area contributed by atoms with Crippen LogP contribution in [0.25, 0.3) is 0 Å². The van der Waals surface area contributed by atoms with Crippen molar-refractivity contribution in [1.29, 1.82) is 0 Å². The van der Waals surface area contributed by atoms with Crippen molar-refractivity contribution in [1.82, 2.24) is 10.2 Å². The van der Waals surface area contributed by atoms with Crippen LogP contribution < -0.4 is 5.32 Å². The Hall–Kier alpha value is -0.0800. The summed E-state index contributed by atoms with van der Waals surface area (Å²) in [6.07, 6.45) is 3.99. The van der Waals surface area contributed by atoms with Gasteiger partial charge >= 0.3 is 0 Å². The summed E-state index contributed by atoms with van der Waals surface area (Å²) in [5.74, 6) is 0.876. The largest absolute Gasteiger partial charge is 0.317 e. The average Bonchev–Trinajstić information content (AvgIpc) is 2.63. The lowest BCUT2D eigenvalue weighted by Crippen LogP contribution is -2.42. The van der Waals surface area contributed by atoms with Crippen LogP contribution in [0.1, 0.15) is 47.0 Å². The SMILES string of the molecule is CCCC(C)(C)N1CCC(CNCC)C1. The van der Waals surface area contributed by atoms with E-state index in [-0.39, 0.29) is 0 Å². The van der Waals surface area contributed by atoms with Crippen molar-refractivity contribution in [2.75, 3.05) is 26.2 Å². The van der Waals surface area contributed by atoms with E-state index < -0.39 is 0 Å². The van der Waals surface area contributed by atoms with Gasteiger partial charge in [-0.15, -0.1) is 0 Å². The topological polar surface area (TPSA) is 15.3 Å². The van der Waals surface area contributed by atoms with Gasteiger partial charge in [-0.2, -0.15) is 0 Å². The molecule has 0 aromatic heterocycles. The maximum atomic E-state index is 3.47. The molecule has 15 heavy (non-hydrogen) atoms. The first-order valence-corrected chi connectivity index (χ1v) is 6.56. The summed E-state index contributed by atoms with van der Waals surface area (Å²) >= 11 is 0. The first-order valence-electron chi connectivity index (χ1n) is 6.56. The molecule has 0 bridgehead atoms. The minimum atomic E-state index is 0.412. The summed E-state index contributed by atoms with van der Waals surface area (Å²) in [7, 11) is 0. The molecule has 1 saturated heterocycles. The van der Waals surface area contributed by atoms with Gasteiger partial charge < -0.3 is 5.32 Å². The Bertz CT molecular complexity index is 177. The van der Waals surface area contributed by atoms with E-state index >= 15 is 0 Å². The number of nitrogens with one attached hydrogen (secondary N) is 1. The van der Waals surface area contributed by atoms with Crippen molar-refractivity contribution in [3.63, 3.8) is 0 Å². The average molecular weight is 212 g/mol. The third kappa shape index (κ3) is 3.76. The Morgan fingerprint density at radius 2 is 2.07 bits per heavy atom. The van der Waals surface area contributed by atoms with Gasteiger partial charge in [0.15, 0.2) is 0 Å². The molecular weight excluding hydrogens is 184 g/mol. The molecule has 0 amide bonds. The summed E-state index contributed by atoms with van der Waals surface area (Å²) in [5.41, 5.74) is 0.412. The van der Waals surface area contributed by atoms with Crippen molar-refractivity contribution < 1.29 is 0 Å². The number of hydrogen-bond acceptors (Lipinski definition) is 2. The van der Waals surface area contributed by atoms with Gasteiger partial charge in [-0.05, 0) is 52.2 Å². The van der Waals surface area contributed by atoms with Gasteiger partial charge in [0.25, 0.3) is 0 Å². The van der Waals surface area contributed by atoms with Gasteiger partial charge in [0.05, 0.1) is 0 Å². The molecule has 0 spiro atoms. The third-order valence-corrected chi connectivity index (χ3v) is 3.69. The molecule has 1 rings (SSSR count). The van der Waals surface area contributed by atoms with E-state index in [0.29, 0.717) is 5.54 Å². The highest BCUT2D eigenvalue weighted by atomic mass is 15.2. The molecule has 0 aromatic carbocycles. The first-order chi connectivity index (χ1) is 7.10. The molecule has 0 aromatic rings. The summed E-state index contributed by atoms with van der Waals surface area (Å²) < 4.78 is 0. The quantitative estimate of drug-likeness (QED) is 0.728. The fraction of sp³-hybridized carbons (Fsp3) is 1.00. The van der Waals surface area contributed by atoms with Crippen LogP contribution in [-0.2, 0) is 0 Å². The van der Waals surface area contributed by atoms with E-state index in [1.165, 1.54) is 38.9 Å². The molecular formula is C13H28N2. The van der Waals surface area contributed by atoms with Crippen LogP contribution in [0, 0.1) is 5.92 Å². The van der Waals surface area contributed by atoms with Crippen LogP contribution in [0.3, 0.4) is 0 Å². The van der Waals surface area contributed by atoms with Crippen LogP contribution in [0.4, 0.5) is 0 Å². The lowest BCUT2D eigenvalue weighted by Gasteiger charge is -2.35. The molecule has 1 heterocycles. The van der Waals surface area contributed by atoms with Crippen molar-refractivity contribution in [3.05, 3.63) is 0 Å². The Morgan fingerprint density at radius 3 is 2.67 bits per heavy atom. The second-order valence-electron chi connectivity index (χ2n) is 5.47. The molecule has 2 nitrogen and oxygen atoms in total. The van der Waals surface area contributed by atoms with Crippen molar-refractivity contribution >= 4 is 0 Å². The van der Waals surface area contributed by atoms with E-state index in [1.54, 1.807) is 0 Å². The third-order valence-electron chi connectivity index (χ3n) is 3.69. The minimum absolute atomic E-state index is 0.412. The highest BCUT2D eigenvalue weighted by Crippen LogP contribution is 2.27. The van der Waals surface area contributed by atoms with E-state index in [9.17, 15) is 0 Å². The number of rotatable bonds is 6. The highest BCUT2D eigenvalue weighted by molar-refractivity contribution is 4.88. The lowest BCUT2D eigenvalue weighted by molar-refractivity contribution is 0.137. The Labute approximate surface area is 95.4 Å². The molecule has 0 saturated carbocycles. The number of nitrogens with zero attached hydrogens (tertiary/aromatic N) is 1. The monoisotopic (exact) mass is 212 g/mol. The number of hydrogen-bond donors (Lipinski definition) is 1. The van der Waals surface area contributed by atoms with Crippen molar-refractivity contribution in [2.24, 2.45) is 5.92 Å². The van der Waals surface area contributed by atoms with E-state index in [1.807, 2.05) is 0 Å². The second-order valence-corrected chi connectivity index (χ2v) is 5.47. The molecule has 1 atom stereocenters. The van der Waals surface area contributed by atoms with Crippen LogP contribution in [0.5, 0.6) is 0 Å². The molecule has 90 valence electrons. The minimum Gasteiger partial charge on any atom is -0.317 e. The standard InChI is InChI=1S/C13H28N2/c1-5-8-13(3,4)15-9-7-12(11-15)10-14-6-2/h12,14H,5-11H2,1-4H3. The summed E-state index contributed by atoms with van der Waals surface area (Å²) in [6.45, 7) is 14.2. The molecule has 0 radical (unpaired) electrons. The van der Waals surface area contributed by atoms with E-state index in [2.05, 4.69) is 37.9 Å². The summed E-state index contributed by atoms with van der Waals surface area (Å²) in [4.78, 5) is 2.68. The fourth-order valence-corrected chi connectivity index (χ4v) is 2.67. The summed E-state index contributed by atoms with van der Waals surface area (Å²) in [6, 6.07) is 0. The Balaban J connectivity index is 2.34. The van der Waals surface area contributed by atoms with E-state index in [4.69, 9.17) is 0 Å². The zero-order valence-corrected chi connectivity index (χ0v) is 11.0. The normalized spacial score (nSPS) is 23.6. The number of likely N-dealkylation sites (tertiary alicyclic amines) is 1. The molecule has 1 unspecified atom stereocenters. The lowest BCUT2D eigenvalue weighted by atomic mass is 9.97. The second kappa shape index (κ2) is 5.86. The predicted octanol–water partition coefficient (Wildman–Crippen LogP) is 2.50. The maximum absolute atomic E-state index is 3.47. The fourth-order valence-electron chi connectivity index (χ4n) is 2.67. The van der Waals surface area contributed by atoms with Crippen molar-refractivity contribution in [3.8, 4) is 0 Å². The van der Waals surface area contributed by atoms with Gasteiger partial charge in [-0.25, -0.2) is 0 Å². The predicted molar refractivity (Wildman–Crippen MR) is 67.2 cm³/mol. The van der Waals surface area contributed by atoms with Gasteiger partial charge in [0.1, 0.15) is 0 Å². The Kier molecular flexibility index (Phi) is 5.07. The molecule has 2 heteroatoms. The van der Waals surface area contributed by atoms with Crippen LogP contribution in [-0.4, -0.2) is 36.6 Å². The molecule has 1 aliphatic heterocycles. The first kappa shape index (κ1) is 13.0.